The van der Waals surface area contributed by atoms with Gasteiger partial charge in [0.2, 0.25) is 5.89 Å². The minimum Gasteiger partial charge on any atom is -0.472 e. The van der Waals surface area contributed by atoms with Crippen molar-refractivity contribution in [1.82, 2.24) is 15.1 Å². The van der Waals surface area contributed by atoms with Crippen molar-refractivity contribution < 1.29 is 13.4 Å². The number of nitrogens with one attached hydrogen (secondary N) is 1. The molecule has 0 aliphatic rings. The number of nitrogens with zero attached hydrogens (tertiary/aromatic N) is 2. The van der Waals surface area contributed by atoms with Crippen LogP contribution in [0, 0.1) is 0 Å². The first kappa shape index (κ1) is 10.9. The third-order valence-electron chi connectivity index (χ3n) is 2.98. The molecule has 6 nitrogen and oxygen atoms in total. The Morgan fingerprint density at radius 3 is 2.85 bits per heavy atom. The number of hydrogen-bond acceptors (Lipinski definition) is 5. The maximum atomic E-state index is 5.46. The Morgan fingerprint density at radius 2 is 2.15 bits per heavy atom. The number of H-pyrrole nitrogens is 1. The van der Waals surface area contributed by atoms with E-state index in [2.05, 4.69) is 15.1 Å². The Balaban J connectivity index is 1.98. The van der Waals surface area contributed by atoms with Crippen molar-refractivity contribution in [2.24, 2.45) is 0 Å². The Morgan fingerprint density at radius 1 is 1.15 bits per heavy atom. The molecule has 4 aromatic rings. The van der Waals surface area contributed by atoms with Gasteiger partial charge < -0.3 is 18.3 Å². The maximum Gasteiger partial charge on any atom is 0.249 e. The summed E-state index contributed by atoms with van der Waals surface area (Å²) in [7, 11) is 0. The molecule has 4 rings (SSSR count). The van der Waals surface area contributed by atoms with E-state index in [0.29, 0.717) is 17.3 Å². The first-order valence-electron chi connectivity index (χ1n) is 5.99. The number of hydrogen-bond donors (Lipinski definition) is 1. The van der Waals surface area contributed by atoms with Gasteiger partial charge in [0.15, 0.2) is 11.5 Å². The molecule has 0 atom stereocenters. The summed E-state index contributed by atoms with van der Waals surface area (Å²) in [4.78, 5) is 7.27. The predicted octanol–water partition coefficient (Wildman–Crippen LogP) is 3.58. The molecule has 0 spiro atoms. The fraction of sp³-hybridized carbons (Fsp3) is 0. The lowest BCUT2D eigenvalue weighted by Gasteiger charge is -1.98. The topological polar surface area (TPSA) is 81.0 Å². The minimum absolute atomic E-state index is 0.410. The summed E-state index contributed by atoms with van der Waals surface area (Å²) in [5.41, 5.74) is 3.02. The van der Waals surface area contributed by atoms with Crippen LogP contribution in [0.4, 0.5) is 0 Å². The summed E-state index contributed by atoms with van der Waals surface area (Å²) in [5, 5.41) is 4.08. The van der Waals surface area contributed by atoms with Gasteiger partial charge in [-0.1, -0.05) is 5.16 Å². The highest BCUT2D eigenvalue weighted by Crippen LogP contribution is 2.38. The van der Waals surface area contributed by atoms with E-state index in [1.807, 2.05) is 24.4 Å². The lowest BCUT2D eigenvalue weighted by atomic mass is 10.1. The second kappa shape index (κ2) is 4.27. The summed E-state index contributed by atoms with van der Waals surface area (Å²) in [6, 6.07) is 5.65. The molecule has 0 aromatic carbocycles. The zero-order valence-electron chi connectivity index (χ0n) is 10.2. The number of oxazole rings is 1. The molecule has 0 saturated heterocycles. The molecule has 0 radical (unpaired) electrons. The Kier molecular flexibility index (Phi) is 2.32. The van der Waals surface area contributed by atoms with Crippen molar-refractivity contribution in [2.45, 2.75) is 0 Å². The summed E-state index contributed by atoms with van der Waals surface area (Å²) in [6.45, 7) is 0. The standard InChI is InChI=1S/C14H9N3O3/c1-2-10(15-4-1)11-12(14-16-5-7-19-14)17-20-13(11)9-3-6-18-8-9/h1-8,15H. The highest BCUT2D eigenvalue weighted by atomic mass is 16.5. The normalized spacial score (nSPS) is 11.0. The molecule has 98 valence electrons. The molecule has 1 N–H and O–H groups in total. The van der Waals surface area contributed by atoms with E-state index in [-0.39, 0.29) is 0 Å². The van der Waals surface area contributed by atoms with Gasteiger partial charge in [-0.25, -0.2) is 4.98 Å². The third kappa shape index (κ3) is 1.58. The van der Waals surface area contributed by atoms with Crippen molar-refractivity contribution in [3.8, 4) is 34.2 Å². The fourth-order valence-electron chi connectivity index (χ4n) is 2.10. The van der Waals surface area contributed by atoms with Crippen LogP contribution < -0.4 is 0 Å². The maximum absolute atomic E-state index is 5.46. The van der Waals surface area contributed by atoms with Gasteiger partial charge in [-0.15, -0.1) is 0 Å². The molecule has 0 bridgehead atoms. The molecule has 0 amide bonds. The lowest BCUT2D eigenvalue weighted by molar-refractivity contribution is 0.430. The van der Waals surface area contributed by atoms with Crippen LogP contribution in [0.2, 0.25) is 0 Å². The molecule has 0 fully saturated rings. The van der Waals surface area contributed by atoms with Gasteiger partial charge in [-0.3, -0.25) is 0 Å². The highest BCUT2D eigenvalue weighted by Gasteiger charge is 2.24. The number of aromatic nitrogens is 3. The largest absolute Gasteiger partial charge is 0.472 e. The third-order valence-corrected chi connectivity index (χ3v) is 2.98. The van der Waals surface area contributed by atoms with Gasteiger partial charge >= 0.3 is 0 Å². The van der Waals surface area contributed by atoms with E-state index >= 15 is 0 Å². The molecule has 0 aliphatic carbocycles. The molecular formula is C14H9N3O3. The van der Waals surface area contributed by atoms with Crippen molar-refractivity contribution in [1.29, 1.82) is 0 Å². The van der Waals surface area contributed by atoms with Crippen LogP contribution in [-0.2, 0) is 0 Å². The van der Waals surface area contributed by atoms with Crippen LogP contribution in [0.15, 0.2) is 62.7 Å². The number of rotatable bonds is 3. The van der Waals surface area contributed by atoms with Crippen molar-refractivity contribution >= 4 is 0 Å². The average molecular weight is 267 g/mol. The summed E-state index contributed by atoms with van der Waals surface area (Å²) in [6.07, 6.45) is 8.09. The van der Waals surface area contributed by atoms with Gasteiger partial charge in [0.1, 0.15) is 12.5 Å². The van der Waals surface area contributed by atoms with Crippen LogP contribution in [0.3, 0.4) is 0 Å². The first-order valence-corrected chi connectivity index (χ1v) is 5.99. The van der Waals surface area contributed by atoms with E-state index in [0.717, 1.165) is 16.8 Å². The first-order chi connectivity index (χ1) is 9.93. The SMILES string of the molecule is c1c[nH]c(-c2c(-c3ncco3)noc2-c2ccoc2)c1. The van der Waals surface area contributed by atoms with Crippen molar-refractivity contribution in [3.05, 3.63) is 49.4 Å². The molecule has 0 aliphatic heterocycles. The van der Waals surface area contributed by atoms with E-state index in [4.69, 9.17) is 13.4 Å². The highest BCUT2D eigenvalue weighted by molar-refractivity contribution is 5.86. The molecule has 0 saturated carbocycles. The van der Waals surface area contributed by atoms with Crippen LogP contribution in [0.1, 0.15) is 0 Å². The average Bonchev–Trinajstić information content (AvgIpc) is 3.23. The van der Waals surface area contributed by atoms with Crippen molar-refractivity contribution in [3.63, 3.8) is 0 Å². The summed E-state index contributed by atoms with van der Waals surface area (Å²) in [5.74, 6) is 1.02. The second-order valence-corrected chi connectivity index (χ2v) is 4.17. The monoisotopic (exact) mass is 267 g/mol. The van der Waals surface area contributed by atoms with Crippen LogP contribution in [0.25, 0.3) is 34.2 Å². The Labute approximate surface area is 113 Å². The quantitative estimate of drug-likeness (QED) is 0.613. The van der Waals surface area contributed by atoms with Gasteiger partial charge in [-0.2, -0.15) is 0 Å². The fourth-order valence-corrected chi connectivity index (χ4v) is 2.10. The van der Waals surface area contributed by atoms with E-state index in [1.54, 1.807) is 18.7 Å². The molecular weight excluding hydrogens is 258 g/mol. The zero-order valence-corrected chi connectivity index (χ0v) is 10.2. The van der Waals surface area contributed by atoms with E-state index in [1.165, 1.54) is 6.26 Å². The second-order valence-electron chi connectivity index (χ2n) is 4.17. The van der Waals surface area contributed by atoms with Crippen LogP contribution in [-0.4, -0.2) is 15.1 Å². The zero-order chi connectivity index (χ0) is 13.4. The van der Waals surface area contributed by atoms with Crippen LogP contribution in [0.5, 0.6) is 0 Å². The van der Waals surface area contributed by atoms with E-state index < -0.39 is 0 Å². The Bertz CT molecular complexity index is 744. The molecule has 4 aromatic heterocycles. The number of furan rings is 1. The van der Waals surface area contributed by atoms with Gasteiger partial charge in [0.25, 0.3) is 0 Å². The molecule has 20 heavy (non-hydrogen) atoms. The predicted molar refractivity (Wildman–Crippen MR) is 69.5 cm³/mol. The molecule has 0 unspecified atom stereocenters. The summed E-state index contributed by atoms with van der Waals surface area (Å²) < 4.78 is 15.9. The van der Waals surface area contributed by atoms with Crippen molar-refractivity contribution in [2.75, 3.05) is 0 Å². The lowest BCUT2D eigenvalue weighted by Crippen LogP contribution is -1.84. The smallest absolute Gasteiger partial charge is 0.249 e. The Hall–Kier alpha value is -3.02. The minimum atomic E-state index is 0.410. The number of aromatic amines is 1. The summed E-state index contributed by atoms with van der Waals surface area (Å²) >= 11 is 0. The van der Waals surface area contributed by atoms with Gasteiger partial charge in [-0.05, 0) is 18.2 Å². The van der Waals surface area contributed by atoms with E-state index in [9.17, 15) is 0 Å². The molecule has 4 heterocycles. The van der Waals surface area contributed by atoms with Gasteiger partial charge in [0, 0.05) is 6.20 Å². The van der Waals surface area contributed by atoms with Gasteiger partial charge in [0.05, 0.1) is 29.3 Å². The molecule has 6 heteroatoms. The van der Waals surface area contributed by atoms with Crippen LogP contribution >= 0.6 is 0 Å².